The number of ether oxygens (including phenoxy) is 3. The molecule has 186 valence electrons. The smallest absolute Gasteiger partial charge is 0.330 e. The van der Waals surface area contributed by atoms with Gasteiger partial charge in [0.15, 0.2) is 17.8 Å². The van der Waals surface area contributed by atoms with Gasteiger partial charge in [-0.25, -0.2) is 4.79 Å². The van der Waals surface area contributed by atoms with Gasteiger partial charge in [0.2, 0.25) is 0 Å². The molecule has 0 bridgehead atoms. The molecule has 1 heterocycles. The second kappa shape index (κ2) is 12.2. The van der Waals surface area contributed by atoms with E-state index >= 15 is 0 Å². The standard InChI is InChI=1S/C20H28O13/c21-6-12(24)16(27)13(25)7-32-20-19(30)18(29)17(28)14(33-20)8-31-15(26)4-2-9-1-3-10(22)11(23)5-9/h1-5,12-14,16-25,27-30H,6-8H2/t12-,13+,14+,16-,17+,18+,19+,20-/m1/s1. The third kappa shape index (κ3) is 7.33. The summed E-state index contributed by atoms with van der Waals surface area (Å²) in [5.74, 6) is -1.58. The minimum Gasteiger partial charge on any atom is -0.504 e. The molecule has 2 rings (SSSR count). The number of hydrogen-bond donors (Lipinski definition) is 9. The maximum absolute atomic E-state index is 11.9. The van der Waals surface area contributed by atoms with Gasteiger partial charge in [-0.15, -0.1) is 0 Å². The molecule has 1 aromatic carbocycles. The quantitative estimate of drug-likeness (QED) is 0.0910. The SMILES string of the molecule is O=C(C=Cc1ccc(O)c(O)c1)OC[C@@H]1O[C@@H](OC[C@H](O)[C@H](O)[C@H](O)CO)[C@@H](O)[C@@H](O)[C@H]1O. The van der Waals surface area contributed by atoms with Gasteiger partial charge < -0.3 is 60.2 Å². The van der Waals surface area contributed by atoms with Crippen molar-refractivity contribution >= 4 is 12.0 Å². The van der Waals surface area contributed by atoms with Crippen LogP contribution < -0.4 is 0 Å². The van der Waals surface area contributed by atoms with E-state index in [0.29, 0.717) is 5.56 Å². The largest absolute Gasteiger partial charge is 0.504 e. The highest BCUT2D eigenvalue weighted by Gasteiger charge is 2.45. The molecule has 0 saturated carbocycles. The molecule has 0 radical (unpaired) electrons. The van der Waals surface area contributed by atoms with E-state index in [1.54, 1.807) is 0 Å². The highest BCUT2D eigenvalue weighted by molar-refractivity contribution is 5.87. The first-order valence-electron chi connectivity index (χ1n) is 9.88. The predicted octanol–water partition coefficient (Wildman–Crippen LogP) is -3.45. The number of carbonyl (C=O) groups is 1. The van der Waals surface area contributed by atoms with Crippen molar-refractivity contribution in [1.82, 2.24) is 0 Å². The average Bonchev–Trinajstić information content (AvgIpc) is 2.80. The normalized spacial score (nSPS) is 28.4. The molecule has 9 N–H and O–H groups in total. The van der Waals surface area contributed by atoms with Crippen molar-refractivity contribution in [3.8, 4) is 11.5 Å². The molecule has 13 nitrogen and oxygen atoms in total. The van der Waals surface area contributed by atoms with E-state index in [0.717, 1.165) is 6.08 Å². The predicted molar refractivity (Wildman–Crippen MR) is 108 cm³/mol. The monoisotopic (exact) mass is 476 g/mol. The zero-order chi connectivity index (χ0) is 24.7. The number of phenolic OH excluding ortho intramolecular Hbond substituents is 2. The Hall–Kier alpha value is -2.33. The molecule has 1 fully saturated rings. The number of phenols is 2. The molecule has 1 saturated heterocycles. The second-order valence-electron chi connectivity index (χ2n) is 7.37. The summed E-state index contributed by atoms with van der Waals surface area (Å²) in [7, 11) is 0. The lowest BCUT2D eigenvalue weighted by Gasteiger charge is -2.40. The van der Waals surface area contributed by atoms with E-state index in [-0.39, 0.29) is 11.5 Å². The van der Waals surface area contributed by atoms with Crippen LogP contribution in [0.3, 0.4) is 0 Å². The number of carbonyl (C=O) groups excluding carboxylic acids is 1. The van der Waals surface area contributed by atoms with Crippen LogP contribution in [0.1, 0.15) is 5.56 Å². The van der Waals surface area contributed by atoms with Crippen molar-refractivity contribution in [2.45, 2.75) is 49.0 Å². The molecule has 0 unspecified atom stereocenters. The molecule has 1 aliphatic rings. The molecule has 0 amide bonds. The minimum absolute atomic E-state index is 0.331. The van der Waals surface area contributed by atoms with Gasteiger partial charge >= 0.3 is 5.97 Å². The zero-order valence-corrected chi connectivity index (χ0v) is 17.3. The van der Waals surface area contributed by atoms with E-state index in [1.165, 1.54) is 24.3 Å². The van der Waals surface area contributed by atoms with E-state index in [1.807, 2.05) is 0 Å². The lowest BCUT2D eigenvalue weighted by molar-refractivity contribution is -0.307. The van der Waals surface area contributed by atoms with Gasteiger partial charge in [0.05, 0.1) is 13.2 Å². The van der Waals surface area contributed by atoms with Crippen molar-refractivity contribution < 1.29 is 65.0 Å². The molecule has 13 heteroatoms. The maximum Gasteiger partial charge on any atom is 0.330 e. The van der Waals surface area contributed by atoms with Crippen molar-refractivity contribution in [3.05, 3.63) is 29.8 Å². The summed E-state index contributed by atoms with van der Waals surface area (Å²) in [6.45, 7) is -2.04. The summed E-state index contributed by atoms with van der Waals surface area (Å²) in [4.78, 5) is 11.9. The topological polar surface area (TPSA) is 227 Å². The minimum atomic E-state index is -1.76. The zero-order valence-electron chi connectivity index (χ0n) is 17.3. The van der Waals surface area contributed by atoms with Crippen molar-refractivity contribution in [2.24, 2.45) is 0 Å². The van der Waals surface area contributed by atoms with Crippen LogP contribution in [-0.4, -0.2) is 121 Å². The summed E-state index contributed by atoms with van der Waals surface area (Å²) in [5, 5.41) is 86.3. The number of rotatable bonds is 10. The lowest BCUT2D eigenvalue weighted by Crippen LogP contribution is -2.60. The average molecular weight is 476 g/mol. The molecular formula is C20H28O13. The Morgan fingerprint density at radius 2 is 1.73 bits per heavy atom. The Bertz CT molecular complexity index is 800. The number of benzene rings is 1. The van der Waals surface area contributed by atoms with Gasteiger partial charge in [-0.2, -0.15) is 0 Å². The Balaban J connectivity index is 1.91. The molecule has 0 spiro atoms. The number of hydrogen-bond acceptors (Lipinski definition) is 13. The Kier molecular flexibility index (Phi) is 9.97. The van der Waals surface area contributed by atoms with Gasteiger partial charge in [0.1, 0.15) is 49.3 Å². The van der Waals surface area contributed by atoms with Crippen LogP contribution in [0, 0.1) is 0 Å². The van der Waals surface area contributed by atoms with Crippen LogP contribution >= 0.6 is 0 Å². The van der Waals surface area contributed by atoms with Crippen LogP contribution in [0.25, 0.3) is 6.08 Å². The molecule has 33 heavy (non-hydrogen) atoms. The third-order valence-electron chi connectivity index (χ3n) is 4.88. The van der Waals surface area contributed by atoms with Gasteiger partial charge in [0.25, 0.3) is 0 Å². The lowest BCUT2D eigenvalue weighted by atomic mass is 9.99. The highest BCUT2D eigenvalue weighted by Crippen LogP contribution is 2.25. The van der Waals surface area contributed by atoms with Crippen LogP contribution in [-0.2, 0) is 19.0 Å². The Labute approximate surface area is 187 Å². The third-order valence-corrected chi connectivity index (χ3v) is 4.88. The fourth-order valence-corrected chi connectivity index (χ4v) is 2.87. The van der Waals surface area contributed by atoms with E-state index in [2.05, 4.69) is 0 Å². The van der Waals surface area contributed by atoms with Gasteiger partial charge in [0, 0.05) is 6.08 Å². The first-order chi connectivity index (χ1) is 15.5. The van der Waals surface area contributed by atoms with Crippen LogP contribution in [0.5, 0.6) is 11.5 Å². The molecule has 0 aliphatic carbocycles. The van der Waals surface area contributed by atoms with E-state index < -0.39 is 74.8 Å². The molecular weight excluding hydrogens is 448 g/mol. The number of aliphatic hydroxyl groups excluding tert-OH is 7. The fraction of sp³-hybridized carbons (Fsp3) is 0.550. The van der Waals surface area contributed by atoms with E-state index in [9.17, 15) is 45.6 Å². The van der Waals surface area contributed by atoms with Crippen molar-refractivity contribution in [2.75, 3.05) is 19.8 Å². The fourth-order valence-electron chi connectivity index (χ4n) is 2.87. The van der Waals surface area contributed by atoms with Gasteiger partial charge in [-0.05, 0) is 23.8 Å². The summed E-state index contributed by atoms with van der Waals surface area (Å²) < 4.78 is 15.3. The second-order valence-corrected chi connectivity index (χ2v) is 7.37. The highest BCUT2D eigenvalue weighted by atomic mass is 16.7. The van der Waals surface area contributed by atoms with Crippen LogP contribution in [0.2, 0.25) is 0 Å². The number of aliphatic hydroxyl groups is 7. The summed E-state index contributed by atoms with van der Waals surface area (Å²) in [6, 6.07) is 3.86. The first kappa shape index (κ1) is 26.9. The maximum atomic E-state index is 11.9. The molecule has 8 atom stereocenters. The van der Waals surface area contributed by atoms with E-state index in [4.69, 9.17) is 19.3 Å². The number of aromatic hydroxyl groups is 2. The van der Waals surface area contributed by atoms with Gasteiger partial charge in [-0.3, -0.25) is 0 Å². The summed E-state index contributed by atoms with van der Waals surface area (Å²) in [6.07, 6.45) is -10.9. The molecule has 0 aromatic heterocycles. The Morgan fingerprint density at radius 3 is 2.36 bits per heavy atom. The summed E-state index contributed by atoms with van der Waals surface area (Å²) >= 11 is 0. The number of esters is 1. The Morgan fingerprint density at radius 1 is 1.03 bits per heavy atom. The first-order valence-corrected chi connectivity index (χ1v) is 9.88. The molecule has 1 aromatic rings. The van der Waals surface area contributed by atoms with Crippen molar-refractivity contribution in [1.29, 1.82) is 0 Å². The van der Waals surface area contributed by atoms with Gasteiger partial charge in [-0.1, -0.05) is 6.07 Å². The van der Waals surface area contributed by atoms with Crippen molar-refractivity contribution in [3.63, 3.8) is 0 Å². The van der Waals surface area contributed by atoms with Crippen LogP contribution in [0.15, 0.2) is 24.3 Å². The van der Waals surface area contributed by atoms with Crippen LogP contribution in [0.4, 0.5) is 0 Å². The molecule has 1 aliphatic heterocycles. The summed E-state index contributed by atoms with van der Waals surface area (Å²) in [5.41, 5.74) is 0.385.